The number of fused-ring (bicyclic) bond motifs is 4. The van der Waals surface area contributed by atoms with E-state index in [4.69, 9.17) is 0 Å². The number of nitrogens with zero attached hydrogens (tertiary/aromatic N) is 2. The van der Waals surface area contributed by atoms with Crippen molar-refractivity contribution < 1.29 is 18.8 Å². The summed E-state index contributed by atoms with van der Waals surface area (Å²) in [7, 11) is 0. The van der Waals surface area contributed by atoms with Crippen molar-refractivity contribution in [1.29, 1.82) is 0 Å². The average molecular weight is 546 g/mol. The highest BCUT2D eigenvalue weighted by atomic mass is 19.1. The molecule has 4 atom stereocenters. The molecule has 0 unspecified atom stereocenters. The molecule has 41 heavy (non-hydrogen) atoms. The molecule has 204 valence electrons. The second-order valence-corrected chi connectivity index (χ2v) is 11.0. The van der Waals surface area contributed by atoms with Crippen LogP contribution in [0, 0.1) is 17.7 Å². The van der Waals surface area contributed by atoms with E-state index in [0.717, 1.165) is 16.7 Å². The highest BCUT2D eigenvalue weighted by Crippen LogP contribution is 2.55. The zero-order valence-corrected chi connectivity index (χ0v) is 22.2. The van der Waals surface area contributed by atoms with Crippen LogP contribution in [0.15, 0.2) is 109 Å². The Bertz CT molecular complexity index is 1640. The molecule has 7 rings (SSSR count). The lowest BCUT2D eigenvalue weighted by Gasteiger charge is -2.31. The second kappa shape index (κ2) is 9.78. The first-order valence-corrected chi connectivity index (χ1v) is 13.8. The maximum atomic E-state index is 14.6. The number of hydrogen-bond donors (Lipinski definition) is 1. The van der Waals surface area contributed by atoms with E-state index in [1.54, 1.807) is 17.0 Å². The fourth-order valence-corrected chi connectivity index (χ4v) is 6.90. The molecule has 3 aliphatic heterocycles. The molecule has 2 fully saturated rings. The molecule has 0 radical (unpaired) electrons. The number of imide groups is 1. The van der Waals surface area contributed by atoms with E-state index < -0.39 is 23.4 Å². The molecular formula is C34H28FN3O3. The molecule has 4 aromatic rings. The number of hydrogen-bond acceptors (Lipinski definition) is 4. The first-order chi connectivity index (χ1) is 20.0. The van der Waals surface area contributed by atoms with Gasteiger partial charge in [-0.1, -0.05) is 91.0 Å². The molecule has 0 aliphatic carbocycles. The molecule has 3 heterocycles. The number of anilines is 1. The highest BCUT2D eigenvalue weighted by molar-refractivity contribution is 6.16. The smallest absolute Gasteiger partial charge is 0.253 e. The lowest BCUT2D eigenvalue weighted by molar-refractivity contribution is -0.143. The summed E-state index contributed by atoms with van der Waals surface area (Å²) >= 11 is 0. The van der Waals surface area contributed by atoms with Gasteiger partial charge in [0, 0.05) is 17.3 Å². The molecule has 6 nitrogen and oxygen atoms in total. The van der Waals surface area contributed by atoms with Gasteiger partial charge in [0.2, 0.25) is 11.8 Å². The minimum atomic E-state index is -1.39. The van der Waals surface area contributed by atoms with E-state index in [2.05, 4.69) is 5.32 Å². The van der Waals surface area contributed by atoms with Crippen LogP contribution in [-0.2, 0) is 39.4 Å². The Morgan fingerprint density at radius 1 is 0.659 bits per heavy atom. The topological polar surface area (TPSA) is 69.7 Å². The van der Waals surface area contributed by atoms with Crippen molar-refractivity contribution in [3.05, 3.63) is 137 Å². The summed E-state index contributed by atoms with van der Waals surface area (Å²) in [5.74, 6) is -2.80. The van der Waals surface area contributed by atoms with Gasteiger partial charge in [-0.15, -0.1) is 0 Å². The monoisotopic (exact) mass is 545 g/mol. The van der Waals surface area contributed by atoms with Crippen LogP contribution in [0.3, 0.4) is 0 Å². The Balaban J connectivity index is 1.33. The van der Waals surface area contributed by atoms with Crippen LogP contribution in [0.4, 0.5) is 10.1 Å². The number of carbonyl (C=O) groups is 3. The zero-order chi connectivity index (χ0) is 28.1. The summed E-state index contributed by atoms with van der Waals surface area (Å²) in [5, 5.41) is 3.57. The number of nitrogens with one attached hydrogen (secondary N) is 1. The summed E-state index contributed by atoms with van der Waals surface area (Å²) in [4.78, 5) is 46.0. The summed E-state index contributed by atoms with van der Waals surface area (Å²) in [6.07, 6.45) is 0.495. The standard InChI is InChI=1S/C34H28FN3O3/c35-25-17-15-24(16-18-25)20-37-28-14-8-7-13-26(28)34(33(37)41)30-29(27(36-34)19-22-9-3-1-4-10-22)31(39)38(32(30)40)21-23-11-5-2-6-12-23/h1-18,27,29-30,36H,19-21H2/t27-,29+,30+,34+/m0/s1. The molecule has 7 heteroatoms. The quantitative estimate of drug-likeness (QED) is 0.360. The van der Waals surface area contributed by atoms with Crippen LogP contribution in [0.25, 0.3) is 0 Å². The number of carbonyl (C=O) groups excluding carboxylic acids is 3. The van der Waals surface area contributed by atoms with E-state index in [1.165, 1.54) is 17.0 Å². The predicted octanol–water partition coefficient (Wildman–Crippen LogP) is 4.58. The minimum Gasteiger partial charge on any atom is -0.306 e. The molecule has 1 spiro atoms. The molecule has 3 aliphatic rings. The first-order valence-electron chi connectivity index (χ1n) is 13.8. The van der Waals surface area contributed by atoms with Gasteiger partial charge in [0.15, 0.2) is 0 Å². The largest absolute Gasteiger partial charge is 0.306 e. The number of likely N-dealkylation sites (tertiary alicyclic amines) is 1. The molecule has 0 saturated carbocycles. The molecule has 3 amide bonds. The summed E-state index contributed by atoms with van der Waals surface area (Å²) in [6.45, 7) is 0.380. The van der Waals surface area contributed by atoms with E-state index in [-0.39, 0.29) is 36.6 Å². The fraction of sp³-hybridized carbons (Fsp3) is 0.206. The van der Waals surface area contributed by atoms with Crippen LogP contribution in [-0.4, -0.2) is 28.7 Å². The zero-order valence-electron chi connectivity index (χ0n) is 22.2. The van der Waals surface area contributed by atoms with E-state index in [0.29, 0.717) is 17.7 Å². The van der Waals surface area contributed by atoms with Crippen LogP contribution in [0.2, 0.25) is 0 Å². The van der Waals surface area contributed by atoms with Gasteiger partial charge in [0.05, 0.1) is 24.9 Å². The molecule has 0 bridgehead atoms. The van der Waals surface area contributed by atoms with E-state index in [9.17, 15) is 18.8 Å². The van der Waals surface area contributed by atoms with Crippen molar-refractivity contribution in [2.24, 2.45) is 11.8 Å². The van der Waals surface area contributed by atoms with Gasteiger partial charge in [-0.3, -0.25) is 24.6 Å². The van der Waals surface area contributed by atoms with Gasteiger partial charge in [-0.05, 0) is 41.3 Å². The Labute approximate surface area is 237 Å². The van der Waals surface area contributed by atoms with Gasteiger partial charge in [-0.2, -0.15) is 0 Å². The van der Waals surface area contributed by atoms with Crippen LogP contribution < -0.4 is 10.2 Å². The van der Waals surface area contributed by atoms with Gasteiger partial charge in [0.25, 0.3) is 5.91 Å². The van der Waals surface area contributed by atoms with Crippen LogP contribution in [0.5, 0.6) is 0 Å². The number of halogens is 1. The van der Waals surface area contributed by atoms with Crippen molar-refractivity contribution in [1.82, 2.24) is 10.2 Å². The summed E-state index contributed by atoms with van der Waals surface area (Å²) in [5.41, 5.74) is 2.63. The van der Waals surface area contributed by atoms with Crippen molar-refractivity contribution >= 4 is 23.4 Å². The lowest BCUT2D eigenvalue weighted by atomic mass is 9.76. The molecule has 4 aromatic carbocycles. The Morgan fingerprint density at radius 2 is 1.24 bits per heavy atom. The third kappa shape index (κ3) is 3.99. The van der Waals surface area contributed by atoms with Gasteiger partial charge in [0.1, 0.15) is 11.4 Å². The van der Waals surface area contributed by atoms with Crippen molar-refractivity contribution in [2.45, 2.75) is 31.1 Å². The van der Waals surface area contributed by atoms with Gasteiger partial charge >= 0.3 is 0 Å². The number of rotatable bonds is 6. The number of amides is 3. The normalized spacial score (nSPS) is 24.8. The van der Waals surface area contributed by atoms with Crippen molar-refractivity contribution in [2.75, 3.05) is 4.90 Å². The Morgan fingerprint density at radius 3 is 1.95 bits per heavy atom. The third-order valence-electron chi connectivity index (χ3n) is 8.69. The Kier molecular flexibility index (Phi) is 6.05. The SMILES string of the molecule is O=C1[C@@H]2[C@H](Cc3ccccc3)N[C@@]3(C(=O)N(Cc4ccc(F)cc4)c4ccccc43)[C@H]2C(=O)N1Cc1ccccc1. The van der Waals surface area contributed by atoms with Crippen LogP contribution in [0.1, 0.15) is 22.3 Å². The molecule has 2 saturated heterocycles. The summed E-state index contributed by atoms with van der Waals surface area (Å²) in [6, 6.07) is 32.4. The molecule has 0 aromatic heterocycles. The fourth-order valence-electron chi connectivity index (χ4n) is 6.90. The van der Waals surface area contributed by atoms with Gasteiger partial charge < -0.3 is 4.90 Å². The second-order valence-electron chi connectivity index (χ2n) is 11.0. The lowest BCUT2D eigenvalue weighted by Crippen LogP contribution is -2.55. The molecular weight excluding hydrogens is 517 g/mol. The maximum Gasteiger partial charge on any atom is 0.253 e. The minimum absolute atomic E-state index is 0.161. The first kappa shape index (κ1) is 25.4. The highest BCUT2D eigenvalue weighted by Gasteiger charge is 2.71. The third-order valence-corrected chi connectivity index (χ3v) is 8.69. The van der Waals surface area contributed by atoms with Crippen molar-refractivity contribution in [3.63, 3.8) is 0 Å². The van der Waals surface area contributed by atoms with Crippen molar-refractivity contribution in [3.8, 4) is 0 Å². The number of benzene rings is 4. The van der Waals surface area contributed by atoms with E-state index in [1.807, 2.05) is 84.9 Å². The summed E-state index contributed by atoms with van der Waals surface area (Å²) < 4.78 is 13.6. The maximum absolute atomic E-state index is 14.6. The Hall–Kier alpha value is -4.62. The average Bonchev–Trinajstić information content (AvgIpc) is 3.55. The van der Waals surface area contributed by atoms with Gasteiger partial charge in [-0.25, -0.2) is 4.39 Å². The predicted molar refractivity (Wildman–Crippen MR) is 152 cm³/mol. The number of para-hydroxylation sites is 1. The van der Waals surface area contributed by atoms with E-state index >= 15 is 0 Å². The van der Waals surface area contributed by atoms with Crippen LogP contribution >= 0.6 is 0 Å². The molecule has 1 N–H and O–H groups in total.